The fourth-order valence-electron chi connectivity index (χ4n) is 6.85. The molecular weight excluding hydrogens is 1180 g/mol. The highest BCUT2D eigenvalue weighted by Gasteiger charge is 2.47. The highest BCUT2D eigenvalue weighted by molar-refractivity contribution is 7.20. The monoisotopic (exact) mass is 1190 g/mol. The summed E-state index contributed by atoms with van der Waals surface area (Å²) < 4.78 is 368. The van der Waals surface area contributed by atoms with Gasteiger partial charge in [0.25, 0.3) is 5.77 Å². The SMILES string of the molecule is FC(F)(F)c1cc([B-](c2cc(C(F)(F)F)cc(C(F)(F)F)c2)(c2cc(C(F)(F)F)cc(C(F)(F)F)c2)c2cc(C(F)(F)F)cc(C(F)(F)F)c2)cc(C(F)(F)F)c1.Fc1ccc([I+]c2ccc(F)s2)s1. The van der Waals surface area contributed by atoms with Crippen molar-refractivity contribution in [3.8, 4) is 0 Å². The molecule has 0 aliphatic carbocycles. The summed E-state index contributed by atoms with van der Waals surface area (Å²) in [7, 11) is 0. The number of rotatable bonds is 6. The topological polar surface area (TPSA) is 0 Å². The normalized spacial score (nSPS) is 13.6. The Morgan fingerprint density at radius 1 is 0.271 bits per heavy atom. The maximum atomic E-state index is 14.2. The van der Waals surface area contributed by atoms with E-state index in [0.717, 1.165) is 28.4 Å². The van der Waals surface area contributed by atoms with E-state index in [2.05, 4.69) is 0 Å². The Hall–Kier alpha value is -4.75. The second kappa shape index (κ2) is 19.0. The van der Waals surface area contributed by atoms with Crippen molar-refractivity contribution in [3.05, 3.63) is 158 Å². The molecule has 0 atom stereocenters. The Bertz CT molecular complexity index is 2360. The highest BCUT2D eigenvalue weighted by Crippen LogP contribution is 2.41. The van der Waals surface area contributed by atoms with Gasteiger partial charge in [-0.1, -0.05) is 71.2 Å². The average molecular weight is 1190 g/mol. The number of halogens is 27. The Balaban J connectivity index is 0.000000600. The van der Waals surface area contributed by atoms with Crippen LogP contribution in [-0.2, 0) is 49.4 Å². The number of alkyl halides is 24. The predicted molar refractivity (Wildman–Crippen MR) is 196 cm³/mol. The summed E-state index contributed by atoms with van der Waals surface area (Å²) in [5.41, 5.74) is -30.2. The van der Waals surface area contributed by atoms with Crippen LogP contribution >= 0.6 is 22.7 Å². The number of benzene rings is 4. The summed E-state index contributed by atoms with van der Waals surface area (Å²) >= 11 is 1.94. The molecule has 0 fully saturated rings. The molecule has 6 rings (SSSR count). The first kappa shape index (κ1) is 56.2. The van der Waals surface area contributed by atoms with E-state index >= 15 is 0 Å². The van der Waals surface area contributed by atoms with E-state index in [1.54, 1.807) is 12.1 Å². The van der Waals surface area contributed by atoms with E-state index in [1.165, 1.54) is 12.1 Å². The minimum atomic E-state index is -6.13. The van der Waals surface area contributed by atoms with E-state index in [0.29, 0.717) is 0 Å². The molecule has 0 N–H and O–H groups in total. The average Bonchev–Trinajstić information content (AvgIpc) is 3.81. The maximum absolute atomic E-state index is 14.2. The Labute approximate surface area is 391 Å². The van der Waals surface area contributed by atoms with Crippen molar-refractivity contribution in [2.24, 2.45) is 0 Å². The molecule has 6 aromatic rings. The van der Waals surface area contributed by atoms with Crippen LogP contribution in [0.3, 0.4) is 0 Å². The van der Waals surface area contributed by atoms with Crippen molar-refractivity contribution in [2.45, 2.75) is 49.4 Å². The van der Waals surface area contributed by atoms with Crippen molar-refractivity contribution < 1.29 is 135 Å². The summed E-state index contributed by atoms with van der Waals surface area (Å²) in [5.74, 6) is 0. The lowest BCUT2D eigenvalue weighted by Gasteiger charge is -2.46. The molecule has 380 valence electrons. The molecule has 0 aliphatic rings. The van der Waals surface area contributed by atoms with Crippen molar-refractivity contribution in [1.82, 2.24) is 0 Å². The van der Waals surface area contributed by atoms with Crippen molar-refractivity contribution >= 4 is 50.7 Å². The number of thiophene rings is 2. The minimum Gasteiger partial charge on any atom is -0.195 e. The molecule has 0 bridgehead atoms. The molecule has 0 nitrogen and oxygen atoms in total. The van der Waals surface area contributed by atoms with Gasteiger partial charge in [0, 0.05) is 12.1 Å². The van der Waals surface area contributed by atoms with E-state index in [1.807, 2.05) is 0 Å². The molecule has 0 aliphatic heterocycles. The molecular formula is C40H16BF26IS2. The van der Waals surface area contributed by atoms with E-state index in [-0.39, 0.29) is 31.5 Å². The van der Waals surface area contributed by atoms with Gasteiger partial charge in [-0.25, -0.2) is 0 Å². The van der Waals surface area contributed by atoms with Crippen LogP contribution in [0.25, 0.3) is 0 Å². The summed E-state index contributed by atoms with van der Waals surface area (Å²) in [6.07, 6.45) is -54.8. The molecule has 0 amide bonds. The molecule has 0 saturated heterocycles. The van der Waals surface area contributed by atoms with Crippen LogP contribution in [0.2, 0.25) is 0 Å². The fraction of sp³-hybridized carbons (Fsp3) is 0.200. The van der Waals surface area contributed by atoms with Crippen LogP contribution in [0.1, 0.15) is 44.5 Å². The number of hydrogen-bond donors (Lipinski definition) is 0. The van der Waals surface area contributed by atoms with Gasteiger partial charge in [-0.3, -0.25) is 0 Å². The molecule has 2 aromatic heterocycles. The van der Waals surface area contributed by atoms with Gasteiger partial charge in [0.15, 0.2) is 10.3 Å². The predicted octanol–water partition coefficient (Wildman–Crippen LogP) is 11.4. The maximum Gasteiger partial charge on any atom is 0.416 e. The smallest absolute Gasteiger partial charge is 0.195 e. The van der Waals surface area contributed by atoms with E-state index in [4.69, 9.17) is 0 Å². The van der Waals surface area contributed by atoms with Crippen LogP contribution in [0, 0.1) is 16.0 Å². The lowest BCUT2D eigenvalue weighted by atomic mass is 9.12. The zero-order valence-corrected chi connectivity index (χ0v) is 36.6. The van der Waals surface area contributed by atoms with Crippen LogP contribution in [0.4, 0.5) is 114 Å². The first-order valence-corrected chi connectivity index (χ1v) is 21.8. The van der Waals surface area contributed by atoms with Crippen molar-refractivity contribution in [1.29, 1.82) is 0 Å². The van der Waals surface area contributed by atoms with Gasteiger partial charge < -0.3 is 0 Å². The third kappa shape index (κ3) is 13.0. The quantitative estimate of drug-likeness (QED) is 0.0886. The summed E-state index contributed by atoms with van der Waals surface area (Å²) in [4.78, 5) is 0. The Morgan fingerprint density at radius 3 is 0.571 bits per heavy atom. The fourth-order valence-corrected chi connectivity index (χ4v) is 12.5. The third-order valence-electron chi connectivity index (χ3n) is 9.71. The van der Waals surface area contributed by atoms with Crippen molar-refractivity contribution in [3.63, 3.8) is 0 Å². The zero-order valence-electron chi connectivity index (χ0n) is 32.8. The highest BCUT2D eigenvalue weighted by atomic mass is 127. The largest absolute Gasteiger partial charge is 0.416 e. The zero-order chi connectivity index (χ0) is 53.2. The lowest BCUT2D eigenvalue weighted by molar-refractivity contribution is -0.585. The summed E-state index contributed by atoms with van der Waals surface area (Å²) in [6, 6.07) is -2.32. The first-order chi connectivity index (χ1) is 31.5. The molecule has 70 heavy (non-hydrogen) atoms. The summed E-state index contributed by atoms with van der Waals surface area (Å²) in [5, 5.41) is -0.321. The van der Waals surface area contributed by atoms with E-state index in [9.17, 15) is 114 Å². The van der Waals surface area contributed by atoms with Gasteiger partial charge in [0.05, 0.1) is 44.5 Å². The minimum absolute atomic E-state index is 0.160. The van der Waals surface area contributed by atoms with Gasteiger partial charge in [-0.2, -0.15) is 136 Å². The van der Waals surface area contributed by atoms with Crippen molar-refractivity contribution in [2.75, 3.05) is 0 Å². The molecule has 0 unspecified atom stereocenters. The lowest BCUT2D eigenvalue weighted by Crippen LogP contribution is -3.61. The van der Waals surface area contributed by atoms with Crippen LogP contribution in [0.5, 0.6) is 0 Å². The van der Waals surface area contributed by atoms with Gasteiger partial charge in [-0.05, 0) is 36.4 Å². The van der Waals surface area contributed by atoms with Crippen LogP contribution in [-0.4, -0.2) is 6.15 Å². The molecule has 0 spiro atoms. The first-order valence-electron chi connectivity index (χ1n) is 18.0. The second-order valence-corrected chi connectivity index (χ2v) is 20.8. The third-order valence-corrected chi connectivity index (χ3v) is 15.2. The van der Waals surface area contributed by atoms with Crippen LogP contribution < -0.4 is 43.1 Å². The van der Waals surface area contributed by atoms with Crippen LogP contribution in [0.15, 0.2) is 97.1 Å². The molecule has 0 radical (unpaired) electrons. The van der Waals surface area contributed by atoms with Gasteiger partial charge >= 0.3 is 70.6 Å². The standard InChI is InChI=1S/C32H12BF24.C8H4F2IS2/c34-25(35,36)13-1-14(26(37,38)39)6-21(5-13)33(22-7-15(27(40,41)42)2-16(8-22)28(43,44)45,23-9-17(29(46,47)48)3-18(10-23)30(49,50)51)24-11-19(31(52,53)54)4-20(12-24)32(55,56)57;9-5-1-3-7(12-5)11-8-4-2-6(10)13-8/h1-12H;1-4H/q-1;+1. The van der Waals surface area contributed by atoms with Gasteiger partial charge in [0.1, 0.15) is 6.15 Å². The van der Waals surface area contributed by atoms with E-state index < -0.39 is 195 Å². The molecule has 0 saturated carbocycles. The summed E-state index contributed by atoms with van der Waals surface area (Å²) in [6.45, 7) is 0. The molecule has 30 heteroatoms. The van der Waals surface area contributed by atoms with Gasteiger partial charge in [-0.15, -0.1) is 0 Å². The van der Waals surface area contributed by atoms with Gasteiger partial charge in [0.2, 0.25) is 0 Å². The molecule has 2 heterocycles. The number of hydrogen-bond acceptors (Lipinski definition) is 2. The molecule has 4 aromatic carbocycles. The second-order valence-electron chi connectivity index (χ2n) is 14.4. The Morgan fingerprint density at radius 2 is 0.443 bits per heavy atom. The Kier molecular flexibility index (Phi) is 15.3.